The van der Waals surface area contributed by atoms with Crippen molar-refractivity contribution < 1.29 is 0 Å². The third-order valence-corrected chi connectivity index (χ3v) is 5.11. The normalized spacial score (nSPS) is 20.0. The third-order valence-electron chi connectivity index (χ3n) is 5.11. The van der Waals surface area contributed by atoms with Crippen LogP contribution in [0.2, 0.25) is 0 Å². The van der Waals surface area contributed by atoms with Gasteiger partial charge in [-0.1, -0.05) is 70.9 Å². The van der Waals surface area contributed by atoms with Gasteiger partial charge in [0.2, 0.25) is 0 Å². The van der Waals surface area contributed by atoms with E-state index in [0.717, 1.165) is 18.5 Å². The minimum absolute atomic E-state index is 0.143. The van der Waals surface area contributed by atoms with Gasteiger partial charge in [0.25, 0.3) is 0 Å². The van der Waals surface area contributed by atoms with Gasteiger partial charge < -0.3 is 5.32 Å². The highest BCUT2D eigenvalue weighted by Crippen LogP contribution is 2.35. The van der Waals surface area contributed by atoms with Gasteiger partial charge in [-0.3, -0.25) is 4.99 Å². The number of hydrogen-bond acceptors (Lipinski definition) is 2. The average molecular weight is 329 g/mol. The molecule has 1 aromatic carbocycles. The Morgan fingerprint density at radius 1 is 0.958 bits per heavy atom. The maximum Gasteiger partial charge on any atom is 0.0860 e. The number of para-hydroxylation sites is 2. The van der Waals surface area contributed by atoms with E-state index in [2.05, 4.69) is 50.4 Å². The summed E-state index contributed by atoms with van der Waals surface area (Å²) < 4.78 is 0. The van der Waals surface area contributed by atoms with Gasteiger partial charge in [0.1, 0.15) is 0 Å². The number of unbranched alkanes of at least 4 members (excludes halogenated alkanes) is 6. The van der Waals surface area contributed by atoms with Gasteiger partial charge in [-0.15, -0.1) is 0 Å². The maximum atomic E-state index is 5.03. The monoisotopic (exact) mass is 328 g/mol. The molecule has 0 spiro atoms. The van der Waals surface area contributed by atoms with E-state index in [1.54, 1.807) is 0 Å². The molecule has 0 aromatic heterocycles. The van der Waals surface area contributed by atoms with Gasteiger partial charge in [-0.05, 0) is 38.3 Å². The number of anilines is 1. The Hall–Kier alpha value is -1.31. The third kappa shape index (κ3) is 5.96. The molecule has 24 heavy (non-hydrogen) atoms. The van der Waals surface area contributed by atoms with Gasteiger partial charge in [0.15, 0.2) is 0 Å². The van der Waals surface area contributed by atoms with Gasteiger partial charge in [-0.2, -0.15) is 0 Å². The van der Waals surface area contributed by atoms with Crippen molar-refractivity contribution in [1.29, 1.82) is 0 Å². The van der Waals surface area contributed by atoms with Crippen molar-refractivity contribution in [1.82, 2.24) is 0 Å². The largest absolute Gasteiger partial charge is 0.378 e. The number of nitrogens with one attached hydrogen (secondary N) is 1. The van der Waals surface area contributed by atoms with E-state index in [0.29, 0.717) is 0 Å². The van der Waals surface area contributed by atoms with Crippen LogP contribution in [0, 0.1) is 0 Å². The van der Waals surface area contributed by atoms with Crippen LogP contribution in [0.5, 0.6) is 0 Å². The molecule has 1 unspecified atom stereocenters. The summed E-state index contributed by atoms with van der Waals surface area (Å²) in [5.41, 5.74) is 3.87. The van der Waals surface area contributed by atoms with Gasteiger partial charge in [0.05, 0.1) is 11.4 Å². The molecule has 1 aliphatic rings. The minimum Gasteiger partial charge on any atom is -0.378 e. The lowest BCUT2D eigenvalue weighted by atomic mass is 9.87. The van der Waals surface area contributed by atoms with E-state index in [1.807, 2.05) is 0 Å². The number of aliphatic imine (C=N–C) groups is 1. The molecule has 0 aliphatic carbocycles. The molecule has 0 bridgehead atoms. The van der Waals surface area contributed by atoms with Gasteiger partial charge in [0, 0.05) is 17.7 Å². The topological polar surface area (TPSA) is 24.4 Å². The van der Waals surface area contributed by atoms with E-state index in [-0.39, 0.29) is 5.54 Å². The first-order valence-corrected chi connectivity index (χ1v) is 10.1. The zero-order valence-corrected chi connectivity index (χ0v) is 16.0. The van der Waals surface area contributed by atoms with Crippen molar-refractivity contribution in [2.75, 3.05) is 5.32 Å². The standard InChI is InChI=1S/C22H36N2/c1-4-6-8-10-14-19-18-22(3,17-13-9-7-5-2)24-21-16-12-11-15-20(21)23-19/h11-12,15-16,24H,4-10,13-14,17-18H2,1-3H3. The van der Waals surface area contributed by atoms with Crippen molar-refractivity contribution in [3.05, 3.63) is 24.3 Å². The van der Waals surface area contributed by atoms with E-state index in [1.165, 1.54) is 69.2 Å². The summed E-state index contributed by atoms with van der Waals surface area (Å²) in [5.74, 6) is 0. The summed E-state index contributed by atoms with van der Waals surface area (Å²) in [7, 11) is 0. The van der Waals surface area contributed by atoms with Gasteiger partial charge in [-0.25, -0.2) is 0 Å². The van der Waals surface area contributed by atoms with Crippen molar-refractivity contribution in [2.45, 2.75) is 96.9 Å². The number of fused-ring (bicyclic) bond motifs is 1. The lowest BCUT2D eigenvalue weighted by molar-refractivity contribution is 0.454. The Morgan fingerprint density at radius 3 is 2.42 bits per heavy atom. The van der Waals surface area contributed by atoms with Crippen LogP contribution in [0.4, 0.5) is 11.4 Å². The predicted molar refractivity (Wildman–Crippen MR) is 108 cm³/mol. The quantitative estimate of drug-likeness (QED) is 0.448. The van der Waals surface area contributed by atoms with Crippen molar-refractivity contribution >= 4 is 17.1 Å². The molecular formula is C22H36N2. The van der Waals surface area contributed by atoms with Crippen LogP contribution in [-0.4, -0.2) is 11.3 Å². The van der Waals surface area contributed by atoms with Crippen LogP contribution in [0.15, 0.2) is 29.3 Å². The Kier molecular flexibility index (Phi) is 7.81. The molecule has 2 heteroatoms. The molecule has 1 N–H and O–H groups in total. The average Bonchev–Trinajstić information content (AvgIpc) is 2.71. The second kappa shape index (κ2) is 9.86. The summed E-state index contributed by atoms with van der Waals surface area (Å²) in [6, 6.07) is 8.55. The zero-order chi connectivity index (χ0) is 17.3. The molecule has 0 fully saturated rings. The molecule has 2 rings (SSSR count). The second-order valence-electron chi connectivity index (χ2n) is 7.68. The molecule has 0 radical (unpaired) electrons. The summed E-state index contributed by atoms with van der Waals surface area (Å²) in [6.07, 6.45) is 14.0. The molecule has 1 heterocycles. The lowest BCUT2D eigenvalue weighted by Crippen LogP contribution is -2.36. The summed E-state index contributed by atoms with van der Waals surface area (Å²) >= 11 is 0. The Labute approximate surface area is 149 Å². The highest BCUT2D eigenvalue weighted by molar-refractivity contribution is 5.91. The fraction of sp³-hybridized carbons (Fsp3) is 0.682. The van der Waals surface area contributed by atoms with E-state index in [9.17, 15) is 0 Å². The Morgan fingerprint density at radius 2 is 1.67 bits per heavy atom. The molecule has 1 aliphatic heterocycles. The highest BCUT2D eigenvalue weighted by Gasteiger charge is 2.28. The van der Waals surface area contributed by atoms with Crippen LogP contribution < -0.4 is 5.32 Å². The lowest BCUT2D eigenvalue weighted by Gasteiger charge is -2.31. The number of rotatable bonds is 10. The van der Waals surface area contributed by atoms with E-state index in [4.69, 9.17) is 4.99 Å². The van der Waals surface area contributed by atoms with Crippen LogP contribution >= 0.6 is 0 Å². The first-order chi connectivity index (χ1) is 11.7. The van der Waals surface area contributed by atoms with E-state index >= 15 is 0 Å². The zero-order valence-electron chi connectivity index (χ0n) is 16.0. The fourth-order valence-electron chi connectivity index (χ4n) is 3.70. The number of hydrogen-bond donors (Lipinski definition) is 1. The molecule has 0 amide bonds. The first-order valence-electron chi connectivity index (χ1n) is 10.1. The maximum absolute atomic E-state index is 5.03. The minimum atomic E-state index is 0.143. The van der Waals surface area contributed by atoms with Gasteiger partial charge >= 0.3 is 0 Å². The fourth-order valence-corrected chi connectivity index (χ4v) is 3.70. The molecule has 0 saturated carbocycles. The molecule has 134 valence electrons. The molecular weight excluding hydrogens is 292 g/mol. The smallest absolute Gasteiger partial charge is 0.0860 e. The second-order valence-corrected chi connectivity index (χ2v) is 7.68. The van der Waals surface area contributed by atoms with Crippen molar-refractivity contribution in [3.8, 4) is 0 Å². The summed E-state index contributed by atoms with van der Waals surface area (Å²) in [6.45, 7) is 6.95. The van der Waals surface area contributed by atoms with E-state index < -0.39 is 0 Å². The summed E-state index contributed by atoms with van der Waals surface area (Å²) in [5, 5.41) is 3.83. The number of nitrogens with zero attached hydrogens (tertiary/aromatic N) is 1. The van der Waals surface area contributed by atoms with Crippen molar-refractivity contribution in [2.24, 2.45) is 4.99 Å². The van der Waals surface area contributed by atoms with Crippen LogP contribution in [0.3, 0.4) is 0 Å². The molecule has 0 saturated heterocycles. The molecule has 1 aromatic rings. The first kappa shape index (κ1) is 19.0. The van der Waals surface area contributed by atoms with Crippen LogP contribution in [-0.2, 0) is 0 Å². The molecule has 2 nitrogen and oxygen atoms in total. The Bertz CT molecular complexity index is 520. The van der Waals surface area contributed by atoms with Crippen LogP contribution in [0.25, 0.3) is 0 Å². The summed E-state index contributed by atoms with van der Waals surface area (Å²) in [4.78, 5) is 5.03. The molecule has 1 atom stereocenters. The SMILES string of the molecule is CCCCCCC1=Nc2ccccc2NC(C)(CCCCCC)C1. The highest BCUT2D eigenvalue weighted by atomic mass is 15.0. The Balaban J connectivity index is 2.07. The predicted octanol–water partition coefficient (Wildman–Crippen LogP) is 7.27. The number of benzene rings is 1. The van der Waals surface area contributed by atoms with Crippen LogP contribution in [0.1, 0.15) is 91.4 Å². The van der Waals surface area contributed by atoms with Crippen molar-refractivity contribution in [3.63, 3.8) is 0 Å².